The van der Waals surface area contributed by atoms with Crippen molar-refractivity contribution in [3.05, 3.63) is 22.4 Å². The van der Waals surface area contributed by atoms with E-state index in [1.54, 1.807) is 16.2 Å². The summed E-state index contributed by atoms with van der Waals surface area (Å²) in [5.74, 6) is 0.131. The maximum atomic E-state index is 12.7. The highest BCUT2D eigenvalue weighted by atomic mass is 32.1. The van der Waals surface area contributed by atoms with Crippen LogP contribution in [0.2, 0.25) is 0 Å². The molecule has 2 heterocycles. The van der Waals surface area contributed by atoms with E-state index in [0.717, 1.165) is 32.1 Å². The Morgan fingerprint density at radius 3 is 2.75 bits per heavy atom. The zero-order chi connectivity index (χ0) is 14.0. The van der Waals surface area contributed by atoms with Gasteiger partial charge in [0.05, 0.1) is 6.54 Å². The monoisotopic (exact) mass is 292 g/mol. The molecule has 0 radical (unpaired) electrons. The number of carbonyl (C=O) groups is 2. The Morgan fingerprint density at radius 1 is 1.25 bits per heavy atom. The number of piperazine rings is 1. The molecule has 1 aromatic heterocycles. The molecule has 4 nitrogen and oxygen atoms in total. The number of amides is 2. The lowest BCUT2D eigenvalue weighted by atomic mass is 9.79. The van der Waals surface area contributed by atoms with E-state index in [2.05, 4.69) is 11.4 Å². The second-order valence-corrected chi connectivity index (χ2v) is 6.78. The van der Waals surface area contributed by atoms with Crippen molar-refractivity contribution < 1.29 is 9.59 Å². The molecule has 5 heteroatoms. The summed E-state index contributed by atoms with van der Waals surface area (Å²) < 4.78 is 0. The topological polar surface area (TPSA) is 49.4 Å². The fourth-order valence-corrected chi connectivity index (χ4v) is 3.98. The van der Waals surface area contributed by atoms with Gasteiger partial charge in [0.2, 0.25) is 11.8 Å². The van der Waals surface area contributed by atoms with Crippen LogP contribution < -0.4 is 5.32 Å². The average Bonchev–Trinajstić information content (AvgIpc) is 2.95. The molecule has 0 atom stereocenters. The highest BCUT2D eigenvalue weighted by Crippen LogP contribution is 2.32. The molecule has 20 heavy (non-hydrogen) atoms. The normalized spacial score (nSPS) is 22.1. The maximum absolute atomic E-state index is 12.7. The lowest BCUT2D eigenvalue weighted by Gasteiger charge is -2.44. The van der Waals surface area contributed by atoms with Crippen LogP contribution in [0.25, 0.3) is 0 Å². The van der Waals surface area contributed by atoms with Crippen LogP contribution in [0, 0.1) is 0 Å². The minimum atomic E-state index is -0.594. The van der Waals surface area contributed by atoms with E-state index in [9.17, 15) is 9.59 Å². The van der Waals surface area contributed by atoms with Crippen molar-refractivity contribution in [3.63, 3.8) is 0 Å². The Bertz CT molecular complexity index is 492. The van der Waals surface area contributed by atoms with Crippen LogP contribution in [0.15, 0.2) is 17.5 Å². The van der Waals surface area contributed by atoms with Gasteiger partial charge in [-0.15, -0.1) is 11.3 Å². The average molecular weight is 292 g/mol. The third kappa shape index (κ3) is 2.59. The first-order chi connectivity index (χ1) is 9.70. The van der Waals surface area contributed by atoms with E-state index in [4.69, 9.17) is 0 Å². The van der Waals surface area contributed by atoms with E-state index < -0.39 is 5.54 Å². The van der Waals surface area contributed by atoms with Crippen LogP contribution in [-0.4, -0.2) is 35.3 Å². The first-order valence-electron chi connectivity index (χ1n) is 7.32. The van der Waals surface area contributed by atoms with E-state index in [1.807, 2.05) is 11.4 Å². The first-order valence-corrected chi connectivity index (χ1v) is 8.20. The summed E-state index contributed by atoms with van der Waals surface area (Å²) in [5, 5.41) is 5.02. The lowest BCUT2D eigenvalue weighted by molar-refractivity contribution is -0.151. The molecule has 1 saturated carbocycles. The molecule has 1 saturated heterocycles. The summed E-state index contributed by atoms with van der Waals surface area (Å²) in [6, 6.07) is 4.10. The van der Waals surface area contributed by atoms with Crippen molar-refractivity contribution in [1.82, 2.24) is 10.2 Å². The molecule has 2 aliphatic rings. The predicted molar refractivity (Wildman–Crippen MR) is 78.6 cm³/mol. The van der Waals surface area contributed by atoms with Crippen molar-refractivity contribution in [2.75, 3.05) is 13.1 Å². The summed E-state index contributed by atoms with van der Waals surface area (Å²) in [6.07, 6.45) is 5.67. The van der Waals surface area contributed by atoms with Crippen LogP contribution >= 0.6 is 11.3 Å². The minimum Gasteiger partial charge on any atom is -0.340 e. The molecule has 1 aromatic rings. The molecule has 1 aliphatic carbocycles. The molecule has 108 valence electrons. The van der Waals surface area contributed by atoms with Crippen LogP contribution in [-0.2, 0) is 16.0 Å². The Labute approximate surface area is 123 Å². The molecular weight excluding hydrogens is 272 g/mol. The summed E-state index contributed by atoms with van der Waals surface area (Å²) in [7, 11) is 0. The highest BCUT2D eigenvalue weighted by Gasteiger charge is 2.46. The highest BCUT2D eigenvalue weighted by molar-refractivity contribution is 7.09. The Morgan fingerprint density at radius 2 is 2.05 bits per heavy atom. The van der Waals surface area contributed by atoms with Gasteiger partial charge < -0.3 is 10.2 Å². The number of rotatable bonds is 3. The number of hydrogen-bond acceptors (Lipinski definition) is 3. The van der Waals surface area contributed by atoms with E-state index in [0.29, 0.717) is 6.54 Å². The standard InChI is InChI=1S/C15H20N2O2S/c18-13-11-17(9-6-12-5-4-10-20-12)14(19)15(16-13)7-2-1-3-8-15/h4-5,10H,1-3,6-9,11H2,(H,16,18). The number of nitrogens with zero attached hydrogens (tertiary/aromatic N) is 1. The van der Waals surface area contributed by atoms with E-state index >= 15 is 0 Å². The zero-order valence-electron chi connectivity index (χ0n) is 11.6. The van der Waals surface area contributed by atoms with Crippen molar-refractivity contribution in [2.24, 2.45) is 0 Å². The Hall–Kier alpha value is -1.36. The molecular formula is C15H20N2O2S. The van der Waals surface area contributed by atoms with Gasteiger partial charge in [0.25, 0.3) is 0 Å². The quantitative estimate of drug-likeness (QED) is 0.926. The zero-order valence-corrected chi connectivity index (χ0v) is 12.4. The number of nitrogens with one attached hydrogen (secondary N) is 1. The molecule has 3 rings (SSSR count). The molecule has 2 amide bonds. The number of thiophene rings is 1. The van der Waals surface area contributed by atoms with Gasteiger partial charge in [-0.2, -0.15) is 0 Å². The van der Waals surface area contributed by atoms with Crippen LogP contribution in [0.3, 0.4) is 0 Å². The van der Waals surface area contributed by atoms with Crippen LogP contribution in [0.5, 0.6) is 0 Å². The maximum Gasteiger partial charge on any atom is 0.248 e. The van der Waals surface area contributed by atoms with Crippen LogP contribution in [0.4, 0.5) is 0 Å². The molecule has 1 N–H and O–H groups in total. The SMILES string of the molecule is O=C1CN(CCc2cccs2)C(=O)C2(CCCCC2)N1. The molecule has 0 aromatic carbocycles. The van der Waals surface area contributed by atoms with Gasteiger partial charge in [0.1, 0.15) is 5.54 Å². The molecule has 1 spiro atoms. The Kier molecular flexibility index (Phi) is 3.78. The van der Waals surface area contributed by atoms with Gasteiger partial charge in [0.15, 0.2) is 0 Å². The summed E-state index contributed by atoms with van der Waals surface area (Å²) in [6.45, 7) is 0.862. The lowest BCUT2D eigenvalue weighted by Crippen LogP contribution is -2.67. The van der Waals surface area contributed by atoms with Crippen molar-refractivity contribution in [1.29, 1.82) is 0 Å². The second kappa shape index (κ2) is 5.56. The fraction of sp³-hybridized carbons (Fsp3) is 0.600. The number of hydrogen-bond donors (Lipinski definition) is 1. The Balaban J connectivity index is 1.70. The van der Waals surface area contributed by atoms with Gasteiger partial charge in [-0.1, -0.05) is 25.3 Å². The first kappa shape index (κ1) is 13.6. The third-order valence-corrected chi connectivity index (χ3v) is 5.26. The smallest absolute Gasteiger partial charge is 0.248 e. The van der Waals surface area contributed by atoms with Gasteiger partial charge >= 0.3 is 0 Å². The fourth-order valence-electron chi connectivity index (χ4n) is 3.28. The summed E-state index contributed by atoms with van der Waals surface area (Å²) in [4.78, 5) is 27.7. The summed E-state index contributed by atoms with van der Waals surface area (Å²) >= 11 is 1.70. The van der Waals surface area contributed by atoms with Crippen molar-refractivity contribution >= 4 is 23.2 Å². The van der Waals surface area contributed by atoms with Gasteiger partial charge in [0, 0.05) is 11.4 Å². The minimum absolute atomic E-state index is 0.00215. The largest absolute Gasteiger partial charge is 0.340 e. The van der Waals surface area contributed by atoms with E-state index in [-0.39, 0.29) is 18.4 Å². The van der Waals surface area contributed by atoms with E-state index in [1.165, 1.54) is 11.3 Å². The van der Waals surface area contributed by atoms with Crippen molar-refractivity contribution in [2.45, 2.75) is 44.1 Å². The molecule has 1 aliphatic heterocycles. The molecule has 2 fully saturated rings. The van der Waals surface area contributed by atoms with Gasteiger partial charge in [-0.25, -0.2) is 0 Å². The van der Waals surface area contributed by atoms with Crippen LogP contribution in [0.1, 0.15) is 37.0 Å². The van der Waals surface area contributed by atoms with Gasteiger partial charge in [-0.3, -0.25) is 9.59 Å². The predicted octanol–water partition coefficient (Wildman–Crippen LogP) is 1.95. The molecule has 0 bridgehead atoms. The van der Waals surface area contributed by atoms with Crippen molar-refractivity contribution in [3.8, 4) is 0 Å². The molecule has 0 unspecified atom stereocenters. The number of carbonyl (C=O) groups excluding carboxylic acids is 2. The summed E-state index contributed by atoms with van der Waals surface area (Å²) in [5.41, 5.74) is -0.594. The second-order valence-electron chi connectivity index (χ2n) is 5.75. The van der Waals surface area contributed by atoms with Gasteiger partial charge in [-0.05, 0) is 30.7 Å². The third-order valence-electron chi connectivity index (χ3n) is 4.33.